The van der Waals surface area contributed by atoms with Crippen molar-refractivity contribution in [3.05, 3.63) is 65.7 Å². The molecule has 2 aliphatic heterocycles. The zero-order valence-electron chi connectivity index (χ0n) is 20.5. The van der Waals surface area contributed by atoms with Gasteiger partial charge < -0.3 is 19.9 Å². The van der Waals surface area contributed by atoms with Gasteiger partial charge in [0.05, 0.1) is 6.04 Å². The Morgan fingerprint density at radius 2 is 1.57 bits per heavy atom. The number of likely N-dealkylation sites (tertiary alicyclic amines) is 2. The fraction of sp³-hybridized carbons (Fsp3) is 0.517. The number of piperidine rings is 2. The molecule has 2 saturated heterocycles. The minimum absolute atomic E-state index is 0.0620. The van der Waals surface area contributed by atoms with Gasteiger partial charge >= 0.3 is 0 Å². The van der Waals surface area contributed by atoms with E-state index < -0.39 is 0 Å². The van der Waals surface area contributed by atoms with Gasteiger partial charge in [-0.05, 0) is 81.3 Å². The molecule has 1 atom stereocenters. The van der Waals surface area contributed by atoms with Gasteiger partial charge in [0, 0.05) is 25.0 Å². The number of hydrogen-bond acceptors (Lipinski definition) is 4. The molecular weight excluding hydrogens is 438 g/mol. The average Bonchev–Trinajstić information content (AvgIpc) is 2.93. The third kappa shape index (κ3) is 5.87. The molecule has 2 fully saturated rings. The van der Waals surface area contributed by atoms with Crippen molar-refractivity contribution in [3.8, 4) is 5.75 Å². The van der Waals surface area contributed by atoms with Crippen LogP contribution in [0.15, 0.2) is 54.6 Å². The highest BCUT2D eigenvalue weighted by molar-refractivity contribution is 5.79. The van der Waals surface area contributed by atoms with Crippen molar-refractivity contribution in [1.29, 1.82) is 0 Å². The number of fused-ring (bicyclic) bond motifs is 1. The van der Waals surface area contributed by atoms with Crippen LogP contribution in [0.2, 0.25) is 0 Å². The topological polar surface area (TPSA) is 61.9 Å². The van der Waals surface area contributed by atoms with Crippen molar-refractivity contribution in [1.82, 2.24) is 15.1 Å². The fourth-order valence-corrected chi connectivity index (χ4v) is 5.95. The monoisotopic (exact) mass is 475 g/mol. The van der Waals surface area contributed by atoms with Crippen LogP contribution < -0.4 is 10.1 Å². The number of aryl methyl sites for hydroxylation is 1. The zero-order chi connectivity index (χ0) is 24.0. The highest BCUT2D eigenvalue weighted by atomic mass is 16.5. The minimum Gasteiger partial charge on any atom is -0.484 e. The highest BCUT2D eigenvalue weighted by Crippen LogP contribution is 2.31. The first-order valence-corrected chi connectivity index (χ1v) is 13.3. The summed E-state index contributed by atoms with van der Waals surface area (Å²) in [4.78, 5) is 30.1. The maximum atomic E-state index is 13.1. The molecule has 0 saturated carbocycles. The first-order valence-electron chi connectivity index (χ1n) is 13.3. The van der Waals surface area contributed by atoms with Crippen LogP contribution in [0.25, 0.3) is 0 Å². The number of nitrogens with one attached hydrogen (secondary N) is 1. The van der Waals surface area contributed by atoms with Crippen LogP contribution in [0.1, 0.15) is 55.7 Å². The molecule has 0 bridgehead atoms. The Bertz CT molecular complexity index is 995. The summed E-state index contributed by atoms with van der Waals surface area (Å²) >= 11 is 0. The van der Waals surface area contributed by atoms with Crippen LogP contribution in [-0.2, 0) is 16.0 Å². The predicted molar refractivity (Wildman–Crippen MR) is 136 cm³/mol. The number of amides is 2. The summed E-state index contributed by atoms with van der Waals surface area (Å²) in [5, 5.41) is 3.37. The first-order chi connectivity index (χ1) is 17.2. The summed E-state index contributed by atoms with van der Waals surface area (Å²) in [6, 6.07) is 18.7. The van der Waals surface area contributed by atoms with Gasteiger partial charge in [-0.3, -0.25) is 9.59 Å². The van der Waals surface area contributed by atoms with Crippen LogP contribution in [0, 0.1) is 5.92 Å². The fourth-order valence-electron chi connectivity index (χ4n) is 5.95. The molecular formula is C29H37N3O3. The van der Waals surface area contributed by atoms with Gasteiger partial charge in [-0.25, -0.2) is 0 Å². The van der Waals surface area contributed by atoms with Gasteiger partial charge in [0.1, 0.15) is 5.75 Å². The molecule has 0 aromatic heterocycles. The van der Waals surface area contributed by atoms with E-state index in [-0.39, 0.29) is 30.4 Å². The zero-order valence-corrected chi connectivity index (χ0v) is 20.5. The van der Waals surface area contributed by atoms with E-state index in [1.807, 2.05) is 35.2 Å². The Hall–Kier alpha value is -2.86. The Labute approximate surface area is 208 Å². The van der Waals surface area contributed by atoms with Crippen molar-refractivity contribution in [2.45, 2.75) is 57.0 Å². The van der Waals surface area contributed by atoms with Crippen molar-refractivity contribution in [3.63, 3.8) is 0 Å². The van der Waals surface area contributed by atoms with Crippen LogP contribution in [0.5, 0.6) is 5.75 Å². The predicted octanol–water partition coefficient (Wildman–Crippen LogP) is 3.96. The van der Waals surface area contributed by atoms with Gasteiger partial charge in [0.15, 0.2) is 6.61 Å². The SMILES string of the molecule is O=C(NC1CCCc2ccccc21)C1CCN(C2CCN(C(=O)COc3ccccc3)CC2)CC1. The standard InChI is InChI=1S/C29H37N3O3/c33-28(21-35-25-9-2-1-3-10-25)32-19-15-24(16-20-32)31-17-13-23(14-18-31)29(34)30-27-12-6-8-22-7-4-5-11-26(22)27/h1-5,7,9-11,23-24,27H,6,8,12-21H2,(H,30,34). The number of carbonyl (C=O) groups is 2. The normalized spacial score (nSPS) is 21.8. The second-order valence-corrected chi connectivity index (χ2v) is 10.2. The number of para-hydroxylation sites is 1. The first kappa shape index (κ1) is 23.9. The number of carbonyl (C=O) groups excluding carboxylic acids is 2. The average molecular weight is 476 g/mol. The molecule has 3 aliphatic rings. The molecule has 2 aromatic carbocycles. The van der Waals surface area contributed by atoms with Gasteiger partial charge in [-0.2, -0.15) is 0 Å². The molecule has 186 valence electrons. The molecule has 2 amide bonds. The lowest BCUT2D eigenvalue weighted by Crippen LogP contribution is -2.51. The molecule has 0 spiro atoms. The van der Waals surface area contributed by atoms with Crippen molar-refractivity contribution >= 4 is 11.8 Å². The number of hydrogen-bond donors (Lipinski definition) is 1. The van der Waals surface area contributed by atoms with Crippen LogP contribution in [0.3, 0.4) is 0 Å². The second-order valence-electron chi connectivity index (χ2n) is 10.2. The molecule has 0 radical (unpaired) electrons. The van der Waals surface area contributed by atoms with E-state index in [1.165, 1.54) is 11.1 Å². The van der Waals surface area contributed by atoms with Crippen LogP contribution in [-0.4, -0.2) is 60.4 Å². The van der Waals surface area contributed by atoms with E-state index in [4.69, 9.17) is 4.74 Å². The van der Waals surface area contributed by atoms with E-state index in [2.05, 4.69) is 34.5 Å². The number of ether oxygens (including phenoxy) is 1. The smallest absolute Gasteiger partial charge is 0.260 e. The van der Waals surface area contributed by atoms with E-state index in [0.717, 1.165) is 76.9 Å². The summed E-state index contributed by atoms with van der Waals surface area (Å²) in [7, 11) is 0. The largest absolute Gasteiger partial charge is 0.484 e. The Morgan fingerprint density at radius 3 is 2.34 bits per heavy atom. The van der Waals surface area contributed by atoms with Crippen molar-refractivity contribution < 1.29 is 14.3 Å². The van der Waals surface area contributed by atoms with Crippen molar-refractivity contribution in [2.75, 3.05) is 32.8 Å². The van der Waals surface area contributed by atoms with E-state index >= 15 is 0 Å². The molecule has 2 heterocycles. The summed E-state index contributed by atoms with van der Waals surface area (Å²) in [5.74, 6) is 1.13. The Kier molecular flexibility index (Phi) is 7.67. The molecule has 35 heavy (non-hydrogen) atoms. The molecule has 5 rings (SSSR count). The number of rotatable bonds is 6. The molecule has 1 aliphatic carbocycles. The maximum absolute atomic E-state index is 13.1. The summed E-state index contributed by atoms with van der Waals surface area (Å²) in [5.41, 5.74) is 2.69. The molecule has 1 N–H and O–H groups in total. The van der Waals surface area contributed by atoms with Gasteiger partial charge in [-0.1, -0.05) is 42.5 Å². The molecule has 2 aromatic rings. The van der Waals surface area contributed by atoms with E-state index in [0.29, 0.717) is 6.04 Å². The molecule has 6 heteroatoms. The lowest BCUT2D eigenvalue weighted by atomic mass is 9.86. The Balaban J connectivity index is 1.04. The summed E-state index contributed by atoms with van der Waals surface area (Å²) in [6.45, 7) is 3.59. The van der Waals surface area contributed by atoms with E-state index in [9.17, 15) is 9.59 Å². The highest BCUT2D eigenvalue weighted by Gasteiger charge is 2.33. The third-order valence-corrected chi connectivity index (χ3v) is 8.03. The molecule has 6 nitrogen and oxygen atoms in total. The second kappa shape index (κ2) is 11.3. The summed E-state index contributed by atoms with van der Waals surface area (Å²) in [6.07, 6.45) is 7.12. The quantitative estimate of drug-likeness (QED) is 0.687. The van der Waals surface area contributed by atoms with Crippen molar-refractivity contribution in [2.24, 2.45) is 5.92 Å². The molecule has 1 unspecified atom stereocenters. The minimum atomic E-state index is 0.0620. The van der Waals surface area contributed by atoms with Crippen LogP contribution in [0.4, 0.5) is 0 Å². The lowest BCUT2D eigenvalue weighted by Gasteiger charge is -2.41. The summed E-state index contributed by atoms with van der Waals surface area (Å²) < 4.78 is 5.63. The van der Waals surface area contributed by atoms with E-state index in [1.54, 1.807) is 0 Å². The number of benzene rings is 2. The maximum Gasteiger partial charge on any atom is 0.260 e. The van der Waals surface area contributed by atoms with Gasteiger partial charge in [-0.15, -0.1) is 0 Å². The lowest BCUT2D eigenvalue weighted by molar-refractivity contribution is -0.135. The van der Waals surface area contributed by atoms with Crippen LogP contribution >= 0.6 is 0 Å². The van der Waals surface area contributed by atoms with Gasteiger partial charge in [0.25, 0.3) is 5.91 Å². The Morgan fingerprint density at radius 1 is 0.857 bits per heavy atom. The van der Waals surface area contributed by atoms with Gasteiger partial charge in [0.2, 0.25) is 5.91 Å². The number of nitrogens with zero attached hydrogens (tertiary/aromatic N) is 2. The third-order valence-electron chi connectivity index (χ3n) is 8.03.